The zero-order valence-corrected chi connectivity index (χ0v) is 16.4. The summed E-state index contributed by atoms with van der Waals surface area (Å²) in [5.41, 5.74) is 1.19. The molecule has 5 nitrogen and oxygen atoms in total. The van der Waals surface area contributed by atoms with Gasteiger partial charge >= 0.3 is 0 Å². The molecule has 27 heavy (non-hydrogen) atoms. The fraction of sp³-hybridized carbons (Fsp3) is 0.636. The average Bonchev–Trinajstić information content (AvgIpc) is 3.54. The maximum Gasteiger partial charge on any atom is 0.225 e. The Bertz CT molecular complexity index is 625. The van der Waals surface area contributed by atoms with Gasteiger partial charge in [-0.25, -0.2) is 0 Å². The minimum Gasteiger partial charge on any atom is -0.494 e. The molecule has 1 aliphatic carbocycles. The van der Waals surface area contributed by atoms with Gasteiger partial charge in [0.1, 0.15) is 5.75 Å². The van der Waals surface area contributed by atoms with E-state index in [9.17, 15) is 9.59 Å². The first kappa shape index (κ1) is 19.7. The number of likely N-dealkylation sites (tertiary alicyclic amines) is 1. The fourth-order valence-electron chi connectivity index (χ4n) is 3.54. The lowest BCUT2D eigenvalue weighted by molar-refractivity contribution is -0.136. The van der Waals surface area contributed by atoms with Crippen molar-refractivity contribution in [3.63, 3.8) is 0 Å². The largest absolute Gasteiger partial charge is 0.494 e. The summed E-state index contributed by atoms with van der Waals surface area (Å²) in [6, 6.07) is 8.11. The van der Waals surface area contributed by atoms with Gasteiger partial charge in [-0.2, -0.15) is 0 Å². The van der Waals surface area contributed by atoms with Crippen molar-refractivity contribution in [1.29, 1.82) is 0 Å². The Morgan fingerprint density at radius 3 is 2.63 bits per heavy atom. The van der Waals surface area contributed by atoms with Crippen LogP contribution >= 0.6 is 0 Å². The quantitative estimate of drug-likeness (QED) is 0.678. The number of hydrogen-bond acceptors (Lipinski definition) is 3. The van der Waals surface area contributed by atoms with E-state index in [-0.39, 0.29) is 23.7 Å². The van der Waals surface area contributed by atoms with Gasteiger partial charge in [0.2, 0.25) is 11.8 Å². The van der Waals surface area contributed by atoms with Crippen LogP contribution in [0.5, 0.6) is 5.75 Å². The van der Waals surface area contributed by atoms with Crippen LogP contribution in [0.15, 0.2) is 24.3 Å². The molecule has 2 fully saturated rings. The molecule has 1 unspecified atom stereocenters. The molecular weight excluding hydrogens is 340 g/mol. The van der Waals surface area contributed by atoms with E-state index < -0.39 is 0 Å². The van der Waals surface area contributed by atoms with Crippen LogP contribution in [0.3, 0.4) is 0 Å². The van der Waals surface area contributed by atoms with E-state index in [1.165, 1.54) is 5.56 Å². The van der Waals surface area contributed by atoms with Crippen LogP contribution in [0.2, 0.25) is 0 Å². The maximum absolute atomic E-state index is 12.5. The third kappa shape index (κ3) is 5.98. The molecule has 1 atom stereocenters. The number of nitrogens with zero attached hydrogens (tertiary/aromatic N) is 1. The van der Waals surface area contributed by atoms with Gasteiger partial charge < -0.3 is 15.0 Å². The molecular formula is C22H32N2O3. The predicted molar refractivity (Wildman–Crippen MR) is 106 cm³/mol. The molecule has 1 aromatic rings. The summed E-state index contributed by atoms with van der Waals surface area (Å²) in [7, 11) is 0. The molecule has 0 bridgehead atoms. The molecule has 0 radical (unpaired) electrons. The summed E-state index contributed by atoms with van der Waals surface area (Å²) >= 11 is 0. The van der Waals surface area contributed by atoms with Crippen molar-refractivity contribution >= 4 is 11.8 Å². The van der Waals surface area contributed by atoms with Gasteiger partial charge in [-0.05, 0) is 56.2 Å². The Morgan fingerprint density at radius 1 is 1.15 bits per heavy atom. The fourth-order valence-corrected chi connectivity index (χ4v) is 3.54. The third-order valence-corrected chi connectivity index (χ3v) is 5.43. The SMILES string of the molecule is CCCCOc1ccc(CCNC(=O)C2CCCN(C(=O)C3CC3)C2)cc1. The summed E-state index contributed by atoms with van der Waals surface area (Å²) in [5.74, 6) is 1.42. The molecule has 0 spiro atoms. The molecule has 2 aliphatic rings. The zero-order chi connectivity index (χ0) is 19.1. The molecule has 1 saturated carbocycles. The lowest BCUT2D eigenvalue weighted by Crippen LogP contribution is -2.46. The summed E-state index contributed by atoms with van der Waals surface area (Å²) in [5, 5.41) is 3.05. The highest BCUT2D eigenvalue weighted by Gasteiger charge is 2.36. The van der Waals surface area contributed by atoms with E-state index in [4.69, 9.17) is 4.74 Å². The number of hydrogen-bond donors (Lipinski definition) is 1. The first-order valence-electron chi connectivity index (χ1n) is 10.5. The zero-order valence-electron chi connectivity index (χ0n) is 16.4. The van der Waals surface area contributed by atoms with Crippen LogP contribution in [-0.2, 0) is 16.0 Å². The number of benzene rings is 1. The van der Waals surface area contributed by atoms with Gasteiger partial charge in [-0.15, -0.1) is 0 Å². The number of amides is 2. The first-order valence-corrected chi connectivity index (χ1v) is 10.5. The summed E-state index contributed by atoms with van der Waals surface area (Å²) < 4.78 is 5.67. The molecule has 1 aromatic carbocycles. The van der Waals surface area contributed by atoms with Crippen LogP contribution in [0, 0.1) is 11.8 Å². The Kier molecular flexibility index (Phi) is 7.13. The molecule has 1 N–H and O–H groups in total. The van der Waals surface area contributed by atoms with Crippen molar-refractivity contribution in [2.24, 2.45) is 11.8 Å². The van der Waals surface area contributed by atoms with Crippen LogP contribution < -0.4 is 10.1 Å². The number of nitrogens with one attached hydrogen (secondary N) is 1. The second kappa shape index (κ2) is 9.77. The van der Waals surface area contributed by atoms with E-state index in [0.29, 0.717) is 13.1 Å². The number of carbonyl (C=O) groups excluding carboxylic acids is 2. The maximum atomic E-state index is 12.5. The van der Waals surface area contributed by atoms with Crippen LogP contribution in [-0.4, -0.2) is 43.0 Å². The van der Waals surface area contributed by atoms with Crippen molar-refractivity contribution in [3.8, 4) is 5.75 Å². The average molecular weight is 373 g/mol. The highest BCUT2D eigenvalue weighted by atomic mass is 16.5. The summed E-state index contributed by atoms with van der Waals surface area (Å²) in [6.07, 6.45) is 6.85. The number of piperidine rings is 1. The lowest BCUT2D eigenvalue weighted by atomic mass is 9.96. The molecule has 2 amide bonds. The molecule has 0 aromatic heterocycles. The topological polar surface area (TPSA) is 58.6 Å². The minimum atomic E-state index is -0.0595. The number of carbonyl (C=O) groups is 2. The van der Waals surface area contributed by atoms with Gasteiger partial charge in [0.25, 0.3) is 0 Å². The molecule has 1 saturated heterocycles. The van der Waals surface area contributed by atoms with E-state index in [1.54, 1.807) is 0 Å². The van der Waals surface area contributed by atoms with E-state index in [0.717, 1.165) is 63.8 Å². The first-order chi connectivity index (χ1) is 13.2. The number of unbranched alkanes of at least 4 members (excludes halogenated alkanes) is 1. The highest BCUT2D eigenvalue weighted by Crippen LogP contribution is 2.32. The normalized spacial score (nSPS) is 19.6. The Morgan fingerprint density at radius 2 is 1.93 bits per heavy atom. The Hall–Kier alpha value is -2.04. The highest BCUT2D eigenvalue weighted by molar-refractivity contribution is 5.83. The van der Waals surface area contributed by atoms with Crippen molar-refractivity contribution in [1.82, 2.24) is 10.2 Å². The summed E-state index contributed by atoms with van der Waals surface area (Å²) in [6.45, 7) is 4.93. The Balaban J connectivity index is 1.38. The standard InChI is InChI=1S/C22H32N2O3/c1-2-3-15-27-20-10-6-17(7-11-20)12-13-23-21(25)19-5-4-14-24(16-19)22(26)18-8-9-18/h6-7,10-11,18-19H,2-5,8-9,12-16H2,1H3,(H,23,25). The third-order valence-electron chi connectivity index (χ3n) is 5.43. The van der Waals surface area contributed by atoms with Crippen molar-refractivity contribution in [2.45, 2.75) is 51.9 Å². The molecule has 1 aliphatic heterocycles. The molecule has 5 heteroatoms. The van der Waals surface area contributed by atoms with E-state index >= 15 is 0 Å². The van der Waals surface area contributed by atoms with Crippen LogP contribution in [0.25, 0.3) is 0 Å². The van der Waals surface area contributed by atoms with Gasteiger partial charge in [0.15, 0.2) is 0 Å². The predicted octanol–water partition coefficient (Wildman–Crippen LogP) is 3.17. The van der Waals surface area contributed by atoms with Crippen LogP contribution in [0.4, 0.5) is 0 Å². The van der Waals surface area contributed by atoms with E-state index in [1.807, 2.05) is 17.0 Å². The van der Waals surface area contributed by atoms with Crippen LogP contribution in [0.1, 0.15) is 51.0 Å². The molecule has 148 valence electrons. The lowest BCUT2D eigenvalue weighted by Gasteiger charge is -2.32. The second-order valence-electron chi connectivity index (χ2n) is 7.78. The smallest absolute Gasteiger partial charge is 0.225 e. The van der Waals surface area contributed by atoms with Crippen molar-refractivity contribution < 1.29 is 14.3 Å². The number of ether oxygens (including phenoxy) is 1. The number of rotatable bonds is 9. The Labute approximate surface area is 162 Å². The van der Waals surface area contributed by atoms with Crippen molar-refractivity contribution in [2.75, 3.05) is 26.2 Å². The summed E-state index contributed by atoms with van der Waals surface area (Å²) in [4.78, 5) is 26.6. The monoisotopic (exact) mass is 372 g/mol. The van der Waals surface area contributed by atoms with Gasteiger partial charge in [0.05, 0.1) is 12.5 Å². The molecule has 3 rings (SSSR count). The van der Waals surface area contributed by atoms with Crippen molar-refractivity contribution in [3.05, 3.63) is 29.8 Å². The second-order valence-corrected chi connectivity index (χ2v) is 7.78. The van der Waals surface area contributed by atoms with Gasteiger partial charge in [-0.1, -0.05) is 25.5 Å². The van der Waals surface area contributed by atoms with Gasteiger partial charge in [0, 0.05) is 25.6 Å². The van der Waals surface area contributed by atoms with Gasteiger partial charge in [-0.3, -0.25) is 9.59 Å². The van der Waals surface area contributed by atoms with E-state index in [2.05, 4.69) is 24.4 Å². The minimum absolute atomic E-state index is 0.0595. The molecule has 1 heterocycles.